The molecule has 5 aromatic rings. The highest BCUT2D eigenvalue weighted by Crippen LogP contribution is 2.36. The molecule has 2 aromatic carbocycles. The molecule has 0 aliphatic carbocycles. The molecular weight excluding hydrogens is 442 g/mol. The van der Waals surface area contributed by atoms with Gasteiger partial charge in [-0.1, -0.05) is 36.4 Å². The van der Waals surface area contributed by atoms with Crippen LogP contribution in [0.4, 0.5) is 8.78 Å². The molecule has 0 fully saturated rings. The van der Waals surface area contributed by atoms with Gasteiger partial charge in [0.1, 0.15) is 29.9 Å². The van der Waals surface area contributed by atoms with Crippen LogP contribution in [0.5, 0.6) is 0 Å². The van der Waals surface area contributed by atoms with Crippen LogP contribution in [-0.2, 0) is 12.1 Å². The Morgan fingerprint density at radius 3 is 2.56 bits per heavy atom. The lowest BCUT2D eigenvalue weighted by Crippen LogP contribution is -2.45. The number of hydrogen-bond donors (Lipinski definition) is 1. The molecule has 0 unspecified atom stereocenters. The van der Waals surface area contributed by atoms with Crippen LogP contribution in [-0.4, -0.2) is 34.1 Å². The Morgan fingerprint density at radius 2 is 1.85 bits per heavy atom. The zero-order chi connectivity index (χ0) is 23.9. The van der Waals surface area contributed by atoms with E-state index in [1.807, 2.05) is 36.4 Å². The fourth-order valence-corrected chi connectivity index (χ4v) is 4.13. The Labute approximate surface area is 192 Å². The van der Waals surface area contributed by atoms with Crippen molar-refractivity contribution in [1.29, 1.82) is 0 Å². The van der Waals surface area contributed by atoms with Crippen molar-refractivity contribution in [3.8, 4) is 11.1 Å². The lowest BCUT2D eigenvalue weighted by Gasteiger charge is -2.34. The zero-order valence-electron chi connectivity index (χ0n) is 18.1. The van der Waals surface area contributed by atoms with Gasteiger partial charge >= 0.3 is 5.69 Å². The van der Waals surface area contributed by atoms with Crippen molar-refractivity contribution in [3.63, 3.8) is 0 Å². The Morgan fingerprint density at radius 1 is 1.06 bits per heavy atom. The van der Waals surface area contributed by atoms with E-state index in [9.17, 15) is 18.7 Å². The number of nitrogens with zero attached hydrogens (tertiary/aromatic N) is 6. The van der Waals surface area contributed by atoms with Gasteiger partial charge in [-0.25, -0.2) is 27.9 Å². The minimum Gasteiger partial charge on any atom is -0.381 e. The molecular formula is C24H20F2N6O2. The highest BCUT2D eigenvalue weighted by Gasteiger charge is 2.41. The van der Waals surface area contributed by atoms with Gasteiger partial charge in [0, 0.05) is 23.4 Å². The predicted octanol–water partition coefficient (Wildman–Crippen LogP) is 3.18. The third-order valence-electron chi connectivity index (χ3n) is 6.00. The van der Waals surface area contributed by atoms with Crippen LogP contribution in [0.1, 0.15) is 18.5 Å². The molecule has 172 valence electrons. The summed E-state index contributed by atoms with van der Waals surface area (Å²) in [6.45, 7) is 1.30. The fourth-order valence-electron chi connectivity index (χ4n) is 4.13. The number of aromatic nitrogens is 6. The quantitative estimate of drug-likeness (QED) is 0.419. The minimum atomic E-state index is -2.01. The van der Waals surface area contributed by atoms with E-state index >= 15 is 0 Å². The predicted molar refractivity (Wildman–Crippen MR) is 120 cm³/mol. The number of hydrogen-bond acceptors (Lipinski definition) is 5. The summed E-state index contributed by atoms with van der Waals surface area (Å²) in [5, 5.41) is 20.0. The van der Waals surface area contributed by atoms with Crippen molar-refractivity contribution in [2.24, 2.45) is 0 Å². The smallest absolute Gasteiger partial charge is 0.349 e. The summed E-state index contributed by atoms with van der Waals surface area (Å²) in [7, 11) is 0. The highest BCUT2D eigenvalue weighted by molar-refractivity contribution is 5.69. The molecule has 3 aromatic heterocycles. The van der Waals surface area contributed by atoms with Crippen LogP contribution >= 0.6 is 0 Å². The van der Waals surface area contributed by atoms with E-state index in [0.717, 1.165) is 27.9 Å². The van der Waals surface area contributed by atoms with Crippen LogP contribution in [0, 0.1) is 11.6 Å². The van der Waals surface area contributed by atoms with Gasteiger partial charge in [0.2, 0.25) is 0 Å². The van der Waals surface area contributed by atoms with Gasteiger partial charge in [0.05, 0.1) is 24.3 Å². The van der Waals surface area contributed by atoms with Crippen molar-refractivity contribution in [2.45, 2.75) is 25.1 Å². The van der Waals surface area contributed by atoms with Gasteiger partial charge in [-0.05, 0) is 24.6 Å². The molecule has 0 saturated carbocycles. The largest absolute Gasteiger partial charge is 0.381 e. The molecule has 0 saturated heterocycles. The van der Waals surface area contributed by atoms with Gasteiger partial charge in [-0.3, -0.25) is 4.40 Å². The summed E-state index contributed by atoms with van der Waals surface area (Å²) >= 11 is 0. The van der Waals surface area contributed by atoms with E-state index in [-0.39, 0.29) is 12.1 Å². The lowest BCUT2D eigenvalue weighted by molar-refractivity contribution is -0.0390. The molecule has 3 heterocycles. The van der Waals surface area contributed by atoms with Crippen molar-refractivity contribution >= 4 is 5.52 Å². The summed E-state index contributed by atoms with van der Waals surface area (Å²) in [5.74, 6) is -1.73. The van der Waals surface area contributed by atoms with Gasteiger partial charge in [0.15, 0.2) is 0 Å². The molecule has 10 heteroatoms. The first-order chi connectivity index (χ1) is 16.4. The third-order valence-corrected chi connectivity index (χ3v) is 6.00. The number of benzene rings is 2. The molecule has 2 atom stereocenters. The topological polar surface area (TPSA) is 90.2 Å². The van der Waals surface area contributed by atoms with Crippen molar-refractivity contribution < 1.29 is 13.9 Å². The van der Waals surface area contributed by atoms with E-state index in [2.05, 4.69) is 15.2 Å². The van der Waals surface area contributed by atoms with Crippen LogP contribution < -0.4 is 5.69 Å². The van der Waals surface area contributed by atoms with Crippen LogP contribution in [0.15, 0.2) is 84.4 Å². The van der Waals surface area contributed by atoms with Crippen LogP contribution in [0.25, 0.3) is 16.6 Å². The van der Waals surface area contributed by atoms with Crippen molar-refractivity contribution in [2.75, 3.05) is 0 Å². The van der Waals surface area contributed by atoms with E-state index < -0.39 is 29.0 Å². The third kappa shape index (κ3) is 3.67. The minimum absolute atomic E-state index is 0.192. The van der Waals surface area contributed by atoms with E-state index in [0.29, 0.717) is 11.6 Å². The molecule has 1 N–H and O–H groups in total. The molecule has 0 aliphatic heterocycles. The summed E-state index contributed by atoms with van der Waals surface area (Å²) in [6, 6.07) is 13.2. The monoisotopic (exact) mass is 462 g/mol. The Bertz CT molecular complexity index is 1510. The van der Waals surface area contributed by atoms with Gasteiger partial charge in [0.25, 0.3) is 0 Å². The van der Waals surface area contributed by atoms with Gasteiger partial charge in [-0.15, -0.1) is 0 Å². The molecule has 8 nitrogen and oxygen atoms in total. The van der Waals surface area contributed by atoms with Crippen molar-refractivity contribution in [1.82, 2.24) is 28.9 Å². The standard InChI is InChI=1S/C24H20F2N6O2/c1-16(24(34,13-30-15-27-14-29-30)21-8-7-19(25)10-22(21)26)32-23(33)31-12-18(9-20(31)11-28-32)17-5-3-2-4-6-17/h2-12,14-16,34H,13H2,1H3/t16-,24-/m1/s1. The summed E-state index contributed by atoms with van der Waals surface area (Å²) in [6.07, 6.45) is 5.82. The van der Waals surface area contributed by atoms with Crippen molar-refractivity contribution in [3.05, 3.63) is 107 Å². The SMILES string of the molecule is C[C@@H](n1ncc2cc(-c3ccccc3)cn2c1=O)[C@](O)(Cn1cncn1)c1ccc(F)cc1F. The van der Waals surface area contributed by atoms with Gasteiger partial charge < -0.3 is 5.11 Å². The van der Waals surface area contributed by atoms with E-state index in [1.165, 1.54) is 27.9 Å². The Hall–Kier alpha value is -4.18. The maximum absolute atomic E-state index is 14.8. The second-order valence-corrected chi connectivity index (χ2v) is 8.08. The van der Waals surface area contributed by atoms with Crippen LogP contribution in [0.3, 0.4) is 0 Å². The second kappa shape index (κ2) is 8.31. The number of rotatable bonds is 6. The summed E-state index contributed by atoms with van der Waals surface area (Å²) in [4.78, 5) is 17.3. The number of halogens is 2. The first kappa shape index (κ1) is 21.7. The maximum Gasteiger partial charge on any atom is 0.349 e. The normalized spacial score (nSPS) is 14.2. The molecule has 5 rings (SSSR count). The number of fused-ring (bicyclic) bond motifs is 1. The lowest BCUT2D eigenvalue weighted by atomic mass is 9.86. The number of aliphatic hydroxyl groups is 1. The fraction of sp³-hybridized carbons (Fsp3) is 0.167. The summed E-state index contributed by atoms with van der Waals surface area (Å²) in [5.41, 5.74) is -0.394. The molecule has 0 aliphatic rings. The average molecular weight is 462 g/mol. The molecule has 0 bridgehead atoms. The van der Waals surface area contributed by atoms with Gasteiger partial charge in [-0.2, -0.15) is 10.2 Å². The maximum atomic E-state index is 14.8. The molecule has 0 amide bonds. The second-order valence-electron chi connectivity index (χ2n) is 8.08. The Balaban J connectivity index is 1.63. The zero-order valence-corrected chi connectivity index (χ0v) is 18.1. The van der Waals surface area contributed by atoms with E-state index in [1.54, 1.807) is 13.1 Å². The first-order valence-electron chi connectivity index (χ1n) is 10.5. The Kier molecular flexibility index (Phi) is 5.29. The van der Waals surface area contributed by atoms with E-state index in [4.69, 9.17) is 0 Å². The van der Waals surface area contributed by atoms with Crippen LogP contribution in [0.2, 0.25) is 0 Å². The molecule has 34 heavy (non-hydrogen) atoms. The summed E-state index contributed by atoms with van der Waals surface area (Å²) < 4.78 is 32.3. The molecule has 0 radical (unpaired) electrons. The average Bonchev–Trinajstić information content (AvgIpc) is 3.49. The first-order valence-corrected chi connectivity index (χ1v) is 10.5. The molecule has 0 spiro atoms. The highest BCUT2D eigenvalue weighted by atomic mass is 19.1.